The molecule has 2 rings (SSSR count). The Labute approximate surface area is 161 Å². The highest BCUT2D eigenvalue weighted by Crippen LogP contribution is 2.32. The Hall–Kier alpha value is -0.263. The van der Waals surface area contributed by atoms with E-state index in [0.29, 0.717) is 12.0 Å². The molecule has 1 aromatic carbocycles. The van der Waals surface area contributed by atoms with Gasteiger partial charge in [0.1, 0.15) is 5.75 Å². The number of rotatable bonds is 6. The van der Waals surface area contributed by atoms with Crippen LogP contribution in [0.4, 0.5) is 0 Å². The Morgan fingerprint density at radius 3 is 2.08 bits per heavy atom. The molecule has 2 atom stereocenters. The summed E-state index contributed by atoms with van der Waals surface area (Å²) in [5.74, 6) is 1.69. The molecule has 6 heteroatoms. The van der Waals surface area contributed by atoms with E-state index in [-0.39, 0.29) is 24.8 Å². The summed E-state index contributed by atoms with van der Waals surface area (Å²) in [6.07, 6.45) is 1.21. The lowest BCUT2D eigenvalue weighted by Gasteiger charge is -2.38. The van der Waals surface area contributed by atoms with Crippen molar-refractivity contribution in [2.45, 2.75) is 46.0 Å². The average Bonchev–Trinajstić information content (AvgIpc) is 2.48. The molecule has 3 nitrogen and oxygen atoms in total. The monoisotopic (exact) mass is 392 g/mol. The van der Waals surface area contributed by atoms with Crippen LogP contribution in [0.15, 0.2) is 24.3 Å². The van der Waals surface area contributed by atoms with Crippen LogP contribution in [-0.4, -0.2) is 39.4 Å². The van der Waals surface area contributed by atoms with Crippen LogP contribution in [0.3, 0.4) is 0 Å². The van der Waals surface area contributed by atoms with Gasteiger partial charge in [0.2, 0.25) is 8.32 Å². The van der Waals surface area contributed by atoms with E-state index in [4.69, 9.17) is 4.43 Å². The largest absolute Gasteiger partial charge is 0.544 e. The molecule has 0 amide bonds. The van der Waals surface area contributed by atoms with E-state index in [0.717, 1.165) is 31.9 Å². The second kappa shape index (κ2) is 10.7. The molecule has 0 aromatic heterocycles. The predicted molar refractivity (Wildman–Crippen MR) is 112 cm³/mol. The van der Waals surface area contributed by atoms with Crippen molar-refractivity contribution in [2.24, 2.45) is 5.92 Å². The van der Waals surface area contributed by atoms with Crippen molar-refractivity contribution in [3.8, 4) is 5.75 Å². The molecule has 1 aromatic rings. The third-order valence-corrected chi connectivity index (χ3v) is 5.22. The minimum Gasteiger partial charge on any atom is -0.544 e. The number of nitrogens with one attached hydrogen (secondary N) is 1. The fourth-order valence-electron chi connectivity index (χ4n) is 3.17. The third kappa shape index (κ3) is 6.93. The molecule has 0 bridgehead atoms. The molecule has 0 aliphatic carbocycles. The molecular weight excluding hydrogens is 359 g/mol. The summed E-state index contributed by atoms with van der Waals surface area (Å²) in [7, 11) is -1.52. The molecule has 1 unspecified atom stereocenters. The van der Waals surface area contributed by atoms with Gasteiger partial charge >= 0.3 is 0 Å². The van der Waals surface area contributed by atoms with Gasteiger partial charge in [0, 0.05) is 32.2 Å². The molecule has 1 fully saturated rings. The number of halogens is 2. The Morgan fingerprint density at radius 1 is 1.08 bits per heavy atom. The van der Waals surface area contributed by atoms with Crippen molar-refractivity contribution in [3.05, 3.63) is 29.8 Å². The lowest BCUT2D eigenvalue weighted by atomic mass is 9.90. The van der Waals surface area contributed by atoms with Crippen LogP contribution in [0.1, 0.15) is 31.9 Å². The zero-order valence-electron chi connectivity index (χ0n) is 15.7. The highest BCUT2D eigenvalue weighted by molar-refractivity contribution is 6.70. The summed E-state index contributed by atoms with van der Waals surface area (Å²) < 4.78 is 6.08. The Kier molecular flexibility index (Phi) is 10.5. The van der Waals surface area contributed by atoms with Crippen molar-refractivity contribution >= 4 is 33.1 Å². The SMILES string of the molecule is CCC(C)[C@@H](c1ccc(O[Si](C)(C)C)cc1)N1CCNCC1.Cl.Cl. The Morgan fingerprint density at radius 2 is 1.62 bits per heavy atom. The van der Waals surface area contributed by atoms with Crippen molar-refractivity contribution < 1.29 is 4.43 Å². The second-order valence-corrected chi connectivity index (χ2v) is 11.8. The molecule has 24 heavy (non-hydrogen) atoms. The maximum Gasteiger partial charge on any atom is 0.242 e. The van der Waals surface area contributed by atoms with Gasteiger partial charge < -0.3 is 9.74 Å². The van der Waals surface area contributed by atoms with Crippen LogP contribution in [0.5, 0.6) is 5.75 Å². The Bertz CT molecular complexity index is 459. The minimum absolute atomic E-state index is 0. The highest BCUT2D eigenvalue weighted by atomic mass is 35.5. The zero-order valence-corrected chi connectivity index (χ0v) is 18.3. The summed E-state index contributed by atoms with van der Waals surface area (Å²) in [5.41, 5.74) is 1.43. The quantitative estimate of drug-likeness (QED) is 0.707. The van der Waals surface area contributed by atoms with Gasteiger partial charge in [0.05, 0.1) is 0 Å². The van der Waals surface area contributed by atoms with Crippen LogP contribution in [0, 0.1) is 5.92 Å². The molecule has 1 N–H and O–H groups in total. The van der Waals surface area contributed by atoms with Gasteiger partial charge in [-0.2, -0.15) is 0 Å². The van der Waals surface area contributed by atoms with Crippen molar-refractivity contribution in [3.63, 3.8) is 0 Å². The smallest absolute Gasteiger partial charge is 0.242 e. The number of nitrogens with zero attached hydrogens (tertiary/aromatic N) is 1. The first-order valence-corrected chi connectivity index (χ1v) is 12.1. The van der Waals surface area contributed by atoms with Crippen LogP contribution in [0.25, 0.3) is 0 Å². The molecule has 1 aliphatic heterocycles. The molecule has 1 heterocycles. The molecule has 0 saturated carbocycles. The molecule has 0 spiro atoms. The molecule has 140 valence electrons. The van der Waals surface area contributed by atoms with E-state index < -0.39 is 8.32 Å². The summed E-state index contributed by atoms with van der Waals surface area (Å²) in [6, 6.07) is 9.38. The maximum absolute atomic E-state index is 6.08. The van der Waals surface area contributed by atoms with E-state index in [1.807, 2.05) is 0 Å². The van der Waals surface area contributed by atoms with Crippen LogP contribution >= 0.6 is 24.8 Å². The number of hydrogen-bond acceptors (Lipinski definition) is 3. The number of benzene rings is 1. The van der Waals surface area contributed by atoms with E-state index >= 15 is 0 Å². The Balaban J connectivity index is 0.00000264. The maximum atomic E-state index is 6.08. The first kappa shape index (κ1) is 23.7. The van der Waals surface area contributed by atoms with E-state index in [1.165, 1.54) is 12.0 Å². The highest BCUT2D eigenvalue weighted by Gasteiger charge is 2.26. The molecular formula is C18H34Cl2N2OSi. The van der Waals surface area contributed by atoms with Gasteiger partial charge in [-0.25, -0.2) is 0 Å². The lowest BCUT2D eigenvalue weighted by molar-refractivity contribution is 0.128. The van der Waals surface area contributed by atoms with Gasteiger partial charge in [0.25, 0.3) is 0 Å². The van der Waals surface area contributed by atoms with Gasteiger partial charge in [-0.3, -0.25) is 4.90 Å². The lowest BCUT2D eigenvalue weighted by Crippen LogP contribution is -2.46. The van der Waals surface area contributed by atoms with Gasteiger partial charge in [-0.05, 0) is 43.3 Å². The van der Waals surface area contributed by atoms with Gasteiger partial charge in [-0.1, -0.05) is 32.4 Å². The number of piperazine rings is 1. The molecule has 1 saturated heterocycles. The topological polar surface area (TPSA) is 24.5 Å². The molecule has 1 aliphatic rings. The first-order valence-electron chi connectivity index (χ1n) is 8.64. The van der Waals surface area contributed by atoms with Crippen molar-refractivity contribution in [1.29, 1.82) is 0 Å². The third-order valence-electron chi connectivity index (χ3n) is 4.37. The standard InChI is InChI=1S/C18H32N2OSi.2ClH/c1-6-15(2)18(20-13-11-19-12-14-20)16-7-9-17(10-8-16)21-22(3,4)5;;/h7-10,15,18-19H,6,11-14H2,1-5H3;2*1H/t15?,18-;;/m0../s1. The fraction of sp³-hybridized carbons (Fsp3) is 0.667. The van der Waals surface area contributed by atoms with Crippen LogP contribution < -0.4 is 9.74 Å². The second-order valence-electron chi connectivity index (χ2n) is 7.40. The predicted octanol–water partition coefficient (Wildman–Crippen LogP) is 4.74. The summed E-state index contributed by atoms with van der Waals surface area (Å²) in [5, 5.41) is 3.46. The average molecular weight is 393 g/mol. The van der Waals surface area contributed by atoms with Gasteiger partial charge in [-0.15, -0.1) is 24.8 Å². The first-order chi connectivity index (χ1) is 10.4. The minimum atomic E-state index is -1.52. The molecule has 0 radical (unpaired) electrons. The summed E-state index contributed by atoms with van der Waals surface area (Å²) in [4.78, 5) is 2.64. The van der Waals surface area contributed by atoms with Crippen molar-refractivity contribution in [1.82, 2.24) is 10.2 Å². The van der Waals surface area contributed by atoms with Crippen LogP contribution in [0.2, 0.25) is 19.6 Å². The van der Waals surface area contributed by atoms with Gasteiger partial charge in [0.15, 0.2) is 0 Å². The van der Waals surface area contributed by atoms with Crippen molar-refractivity contribution in [2.75, 3.05) is 26.2 Å². The van der Waals surface area contributed by atoms with Crippen LogP contribution in [-0.2, 0) is 0 Å². The zero-order chi connectivity index (χ0) is 16.2. The van der Waals surface area contributed by atoms with E-state index in [9.17, 15) is 0 Å². The summed E-state index contributed by atoms with van der Waals surface area (Å²) in [6.45, 7) is 15.8. The normalized spacial score (nSPS) is 18.0. The van der Waals surface area contributed by atoms with E-state index in [2.05, 4.69) is 68.0 Å². The number of hydrogen-bond donors (Lipinski definition) is 1. The van der Waals surface area contributed by atoms with E-state index in [1.54, 1.807) is 0 Å². The fourth-order valence-corrected chi connectivity index (χ4v) is 4.01. The summed E-state index contributed by atoms with van der Waals surface area (Å²) >= 11 is 0.